The molecule has 0 spiro atoms. The molecule has 12 heavy (non-hydrogen) atoms. The quantitative estimate of drug-likeness (QED) is 0.638. The monoisotopic (exact) mass is 161 g/mol. The molecule has 0 saturated heterocycles. The summed E-state index contributed by atoms with van der Waals surface area (Å²) in [5.41, 5.74) is 3.28. The third kappa shape index (κ3) is 0.978. The molecule has 2 aromatic heterocycles. The van der Waals surface area contributed by atoms with E-state index < -0.39 is 0 Å². The number of hydrogen-bond donors (Lipinski definition) is 0. The second-order valence-corrected chi connectivity index (χ2v) is 2.88. The molecule has 3 heteroatoms. The second kappa shape index (κ2) is 2.59. The van der Waals surface area contributed by atoms with Crippen molar-refractivity contribution in [1.82, 2.24) is 14.8 Å². The third-order valence-corrected chi connectivity index (χ3v) is 1.93. The van der Waals surface area contributed by atoms with Gasteiger partial charge in [0, 0.05) is 12.7 Å². The number of fused-ring (bicyclic) bond motifs is 1. The molecule has 62 valence electrons. The number of aryl methyl sites for hydroxylation is 2. The van der Waals surface area contributed by atoms with Crippen molar-refractivity contribution in [1.29, 1.82) is 0 Å². The Morgan fingerprint density at radius 1 is 1.42 bits per heavy atom. The lowest BCUT2D eigenvalue weighted by Crippen LogP contribution is -1.95. The van der Waals surface area contributed by atoms with E-state index in [1.54, 1.807) is 6.20 Å². The summed E-state index contributed by atoms with van der Waals surface area (Å²) in [7, 11) is 0. The van der Waals surface area contributed by atoms with E-state index in [-0.39, 0.29) is 0 Å². The summed E-state index contributed by atoms with van der Waals surface area (Å²) in [6, 6.07) is 2.11. The van der Waals surface area contributed by atoms with Crippen LogP contribution >= 0.6 is 0 Å². The normalized spacial score (nSPS) is 10.8. The molecule has 0 aliphatic heterocycles. The molecule has 0 atom stereocenters. The minimum Gasteiger partial charge on any atom is -0.263 e. The Balaban J connectivity index is 2.75. The minimum atomic E-state index is 0.897. The van der Waals surface area contributed by atoms with Crippen LogP contribution in [0.3, 0.4) is 0 Å². The third-order valence-electron chi connectivity index (χ3n) is 1.93. The standard InChI is InChI=1S/C9H11N3/c1-3-12-9-4-7(2)5-10-8(9)6-11-12/h4-6H,3H2,1-2H3. The van der Waals surface area contributed by atoms with Crippen molar-refractivity contribution in [3.63, 3.8) is 0 Å². The number of nitrogens with zero attached hydrogens (tertiary/aromatic N) is 3. The molecule has 0 aliphatic carbocycles. The van der Waals surface area contributed by atoms with Crippen LogP contribution < -0.4 is 0 Å². The molecule has 0 saturated carbocycles. The summed E-state index contributed by atoms with van der Waals surface area (Å²) in [6.45, 7) is 5.02. The van der Waals surface area contributed by atoms with Crippen LogP contribution in [-0.4, -0.2) is 14.8 Å². The molecular formula is C9H11N3. The first-order valence-corrected chi connectivity index (χ1v) is 4.09. The maximum Gasteiger partial charge on any atom is 0.108 e. The molecule has 0 aromatic carbocycles. The summed E-state index contributed by atoms with van der Waals surface area (Å²) in [5.74, 6) is 0. The van der Waals surface area contributed by atoms with Crippen LogP contribution in [0.15, 0.2) is 18.5 Å². The summed E-state index contributed by atoms with van der Waals surface area (Å²) in [4.78, 5) is 4.27. The van der Waals surface area contributed by atoms with Gasteiger partial charge in [-0.1, -0.05) is 0 Å². The Morgan fingerprint density at radius 2 is 2.25 bits per heavy atom. The molecule has 3 nitrogen and oxygen atoms in total. The van der Waals surface area contributed by atoms with Gasteiger partial charge in [-0.15, -0.1) is 0 Å². The lowest BCUT2D eigenvalue weighted by Gasteiger charge is -1.97. The number of pyridine rings is 1. The molecule has 2 heterocycles. The fourth-order valence-corrected chi connectivity index (χ4v) is 1.31. The molecule has 2 rings (SSSR count). The molecule has 0 aliphatic rings. The first-order chi connectivity index (χ1) is 5.81. The zero-order valence-electron chi connectivity index (χ0n) is 7.28. The van der Waals surface area contributed by atoms with Crippen LogP contribution in [0.4, 0.5) is 0 Å². The zero-order chi connectivity index (χ0) is 8.55. The average molecular weight is 161 g/mol. The predicted octanol–water partition coefficient (Wildman–Crippen LogP) is 1.76. The maximum absolute atomic E-state index is 4.27. The van der Waals surface area contributed by atoms with E-state index in [9.17, 15) is 0 Å². The van der Waals surface area contributed by atoms with E-state index in [0.717, 1.165) is 17.6 Å². The number of rotatable bonds is 1. The molecule has 0 bridgehead atoms. The highest BCUT2D eigenvalue weighted by atomic mass is 15.3. The highest BCUT2D eigenvalue weighted by Crippen LogP contribution is 2.11. The van der Waals surface area contributed by atoms with Crippen molar-refractivity contribution in [2.45, 2.75) is 20.4 Å². The van der Waals surface area contributed by atoms with Crippen molar-refractivity contribution in [2.24, 2.45) is 0 Å². The van der Waals surface area contributed by atoms with Gasteiger partial charge < -0.3 is 0 Å². The molecule has 2 aromatic rings. The molecule has 0 unspecified atom stereocenters. The fraction of sp³-hybridized carbons (Fsp3) is 0.333. The Kier molecular flexibility index (Phi) is 1.57. The average Bonchev–Trinajstić information content (AvgIpc) is 2.46. The molecule has 0 N–H and O–H groups in total. The fourth-order valence-electron chi connectivity index (χ4n) is 1.31. The molecule has 0 radical (unpaired) electrons. The van der Waals surface area contributed by atoms with Crippen molar-refractivity contribution in [2.75, 3.05) is 0 Å². The smallest absolute Gasteiger partial charge is 0.108 e. The van der Waals surface area contributed by atoms with Crippen LogP contribution in [0.2, 0.25) is 0 Å². The maximum atomic E-state index is 4.27. The largest absolute Gasteiger partial charge is 0.263 e. The Bertz CT molecular complexity index is 403. The molecule has 0 fully saturated rings. The first kappa shape index (κ1) is 7.28. The van der Waals surface area contributed by atoms with E-state index in [1.807, 2.05) is 17.8 Å². The van der Waals surface area contributed by atoms with Gasteiger partial charge >= 0.3 is 0 Å². The lowest BCUT2D eigenvalue weighted by atomic mass is 10.3. The summed E-state index contributed by atoms with van der Waals surface area (Å²) in [6.07, 6.45) is 3.67. The van der Waals surface area contributed by atoms with Crippen LogP contribution in [0.1, 0.15) is 12.5 Å². The second-order valence-electron chi connectivity index (χ2n) is 2.88. The van der Waals surface area contributed by atoms with Gasteiger partial charge in [-0.2, -0.15) is 5.10 Å². The summed E-state index contributed by atoms with van der Waals surface area (Å²) in [5, 5.41) is 4.21. The number of aromatic nitrogens is 3. The summed E-state index contributed by atoms with van der Waals surface area (Å²) < 4.78 is 1.95. The van der Waals surface area contributed by atoms with Gasteiger partial charge in [0.05, 0.1) is 11.7 Å². The predicted molar refractivity (Wildman–Crippen MR) is 47.9 cm³/mol. The zero-order valence-corrected chi connectivity index (χ0v) is 7.28. The SMILES string of the molecule is CCn1ncc2ncc(C)cc21. The van der Waals surface area contributed by atoms with Crippen LogP contribution in [0, 0.1) is 6.92 Å². The highest BCUT2D eigenvalue weighted by molar-refractivity contribution is 5.74. The van der Waals surface area contributed by atoms with Crippen LogP contribution in [0.25, 0.3) is 11.0 Å². The topological polar surface area (TPSA) is 30.7 Å². The Morgan fingerprint density at radius 3 is 3.00 bits per heavy atom. The van der Waals surface area contributed by atoms with E-state index in [0.29, 0.717) is 0 Å². The first-order valence-electron chi connectivity index (χ1n) is 4.09. The number of hydrogen-bond acceptors (Lipinski definition) is 2. The van der Waals surface area contributed by atoms with Gasteiger partial charge in [0.1, 0.15) is 5.52 Å². The van der Waals surface area contributed by atoms with Gasteiger partial charge in [-0.3, -0.25) is 9.67 Å². The van der Waals surface area contributed by atoms with Crippen molar-refractivity contribution in [3.8, 4) is 0 Å². The summed E-state index contributed by atoms with van der Waals surface area (Å²) >= 11 is 0. The van der Waals surface area contributed by atoms with E-state index in [4.69, 9.17) is 0 Å². The Hall–Kier alpha value is -1.38. The van der Waals surface area contributed by atoms with Gasteiger partial charge in [-0.25, -0.2) is 0 Å². The Labute approximate surface area is 71.0 Å². The van der Waals surface area contributed by atoms with Crippen LogP contribution in [0.5, 0.6) is 0 Å². The van der Waals surface area contributed by atoms with Crippen LogP contribution in [-0.2, 0) is 6.54 Å². The van der Waals surface area contributed by atoms with Gasteiger partial charge in [-0.05, 0) is 25.5 Å². The molecular weight excluding hydrogens is 150 g/mol. The van der Waals surface area contributed by atoms with Crippen molar-refractivity contribution >= 4 is 11.0 Å². The minimum absolute atomic E-state index is 0.897. The van der Waals surface area contributed by atoms with Crippen molar-refractivity contribution in [3.05, 3.63) is 24.0 Å². The van der Waals surface area contributed by atoms with Gasteiger partial charge in [0.15, 0.2) is 0 Å². The van der Waals surface area contributed by atoms with Gasteiger partial charge in [0.2, 0.25) is 0 Å². The highest BCUT2D eigenvalue weighted by Gasteiger charge is 2.00. The van der Waals surface area contributed by atoms with E-state index >= 15 is 0 Å². The van der Waals surface area contributed by atoms with E-state index in [1.165, 1.54) is 5.56 Å². The van der Waals surface area contributed by atoms with E-state index in [2.05, 4.69) is 23.1 Å². The van der Waals surface area contributed by atoms with Gasteiger partial charge in [0.25, 0.3) is 0 Å². The lowest BCUT2D eigenvalue weighted by molar-refractivity contribution is 0.683. The molecule has 0 amide bonds. The van der Waals surface area contributed by atoms with Crippen molar-refractivity contribution < 1.29 is 0 Å².